The van der Waals surface area contributed by atoms with Crippen LogP contribution in [0.25, 0.3) is 0 Å². The lowest BCUT2D eigenvalue weighted by Gasteiger charge is -2.37. The highest BCUT2D eigenvalue weighted by Crippen LogP contribution is 2.40. The number of benzene rings is 1. The Morgan fingerprint density at radius 2 is 1.44 bits per heavy atom. The lowest BCUT2D eigenvalue weighted by atomic mass is 9.99. The highest BCUT2D eigenvalue weighted by atomic mass is 19.4. The van der Waals surface area contributed by atoms with Gasteiger partial charge in [-0.3, -0.25) is 4.74 Å². The lowest BCUT2D eigenvalue weighted by molar-refractivity contribution is -0.371. The fourth-order valence-electron chi connectivity index (χ4n) is 3.53. The van der Waals surface area contributed by atoms with Gasteiger partial charge in [-0.2, -0.15) is 17.6 Å². The van der Waals surface area contributed by atoms with E-state index in [1.54, 1.807) is 0 Å². The van der Waals surface area contributed by atoms with Gasteiger partial charge in [0.1, 0.15) is 11.9 Å². The number of halogens is 9. The van der Waals surface area contributed by atoms with Gasteiger partial charge in [0.25, 0.3) is 0 Å². The van der Waals surface area contributed by atoms with Crippen LogP contribution in [0.3, 0.4) is 0 Å². The molecule has 1 aromatic carbocycles. The lowest BCUT2D eigenvalue weighted by Crippen LogP contribution is -2.47. The molecule has 14 heteroatoms. The predicted molar refractivity (Wildman–Crippen MR) is 95.3 cm³/mol. The van der Waals surface area contributed by atoms with Gasteiger partial charge in [0.15, 0.2) is 17.9 Å². The molecule has 1 aromatic rings. The van der Waals surface area contributed by atoms with Gasteiger partial charge in [0.2, 0.25) is 5.75 Å². The third-order valence-corrected chi connectivity index (χ3v) is 5.32. The number of ether oxygens (including phenoxy) is 5. The predicted octanol–water partition coefficient (Wildman–Crippen LogP) is 6.01. The summed E-state index contributed by atoms with van der Waals surface area (Å²) in [6.45, 7) is 1.18. The third kappa shape index (κ3) is 6.81. The maximum absolute atomic E-state index is 14.5. The van der Waals surface area contributed by atoms with E-state index in [-0.39, 0.29) is 37.5 Å². The number of alkyl halides is 7. The van der Waals surface area contributed by atoms with Crippen LogP contribution in [0.4, 0.5) is 39.5 Å². The molecule has 4 atom stereocenters. The molecular weight excluding hydrogens is 491 g/mol. The average Bonchev–Trinajstić information content (AvgIpc) is 2.70. The second-order valence-corrected chi connectivity index (χ2v) is 8.15. The molecule has 0 radical (unpaired) electrons. The van der Waals surface area contributed by atoms with Crippen molar-refractivity contribution in [3.8, 4) is 11.5 Å². The zero-order valence-corrected chi connectivity index (χ0v) is 17.6. The molecule has 0 bridgehead atoms. The maximum Gasteiger partial charge on any atom is 0.573 e. The summed E-state index contributed by atoms with van der Waals surface area (Å²) in [6, 6.07) is 0.193. The molecule has 5 nitrogen and oxygen atoms in total. The van der Waals surface area contributed by atoms with E-state index in [9.17, 15) is 39.5 Å². The van der Waals surface area contributed by atoms with Gasteiger partial charge in [-0.1, -0.05) is 6.92 Å². The van der Waals surface area contributed by atoms with Crippen molar-refractivity contribution in [3.63, 3.8) is 0 Å². The van der Waals surface area contributed by atoms with Gasteiger partial charge in [0, 0.05) is 18.7 Å². The van der Waals surface area contributed by atoms with E-state index >= 15 is 0 Å². The van der Waals surface area contributed by atoms with Crippen LogP contribution >= 0.6 is 0 Å². The first-order chi connectivity index (χ1) is 15.7. The zero-order valence-electron chi connectivity index (χ0n) is 17.6. The van der Waals surface area contributed by atoms with Gasteiger partial charge in [0.05, 0.1) is 12.5 Å². The van der Waals surface area contributed by atoms with Gasteiger partial charge < -0.3 is 18.9 Å². The molecule has 2 saturated heterocycles. The standard InChI is InChI=1S/C20H21F9O5/c1-10-2-4-15(30-8-10)19(25,26)33-16-5-3-11(9-31-16)18(23,24)32-12-6-13(21)17(14(22)7-12)34-20(27,28)29/h6-7,10-11,15-16H,2-5,8-9H2,1H3. The van der Waals surface area contributed by atoms with E-state index in [0.29, 0.717) is 6.42 Å². The second kappa shape index (κ2) is 9.97. The van der Waals surface area contributed by atoms with E-state index in [1.807, 2.05) is 6.92 Å². The number of hydrogen-bond acceptors (Lipinski definition) is 5. The molecule has 2 heterocycles. The first kappa shape index (κ1) is 26.7. The quantitative estimate of drug-likeness (QED) is 0.419. The summed E-state index contributed by atoms with van der Waals surface area (Å²) in [5.74, 6) is -8.37. The van der Waals surface area contributed by atoms with Crippen molar-refractivity contribution in [2.75, 3.05) is 13.2 Å². The van der Waals surface area contributed by atoms with Crippen molar-refractivity contribution >= 4 is 0 Å². The molecule has 3 rings (SSSR count). The summed E-state index contributed by atoms with van der Waals surface area (Å²) in [4.78, 5) is 0. The Kier molecular flexibility index (Phi) is 7.82. The first-order valence-corrected chi connectivity index (χ1v) is 10.3. The summed E-state index contributed by atoms with van der Waals surface area (Å²) in [7, 11) is 0. The van der Waals surface area contributed by atoms with Gasteiger partial charge >= 0.3 is 18.6 Å². The van der Waals surface area contributed by atoms with Crippen molar-refractivity contribution in [1.29, 1.82) is 0 Å². The van der Waals surface area contributed by atoms with Crippen molar-refractivity contribution in [2.45, 2.75) is 63.6 Å². The largest absolute Gasteiger partial charge is 0.573 e. The molecule has 0 amide bonds. The van der Waals surface area contributed by atoms with Gasteiger partial charge in [-0.05, 0) is 31.6 Å². The molecule has 4 unspecified atom stereocenters. The minimum atomic E-state index is -5.41. The van der Waals surface area contributed by atoms with Crippen LogP contribution in [0.1, 0.15) is 32.6 Å². The Labute approximate surface area is 188 Å². The van der Waals surface area contributed by atoms with Crippen LogP contribution in [0, 0.1) is 23.5 Å². The van der Waals surface area contributed by atoms with Crippen LogP contribution in [-0.4, -0.2) is 44.2 Å². The highest BCUT2D eigenvalue weighted by Gasteiger charge is 2.49. The SMILES string of the molecule is CC1CCC(C(F)(F)OC2CCC(C(F)(F)Oc3cc(F)c(OC(F)(F)F)c(F)c3)CO2)OC1. The molecule has 194 valence electrons. The fraction of sp³-hybridized carbons (Fsp3) is 0.700. The molecule has 0 aliphatic carbocycles. The summed E-state index contributed by atoms with van der Waals surface area (Å²) in [6.07, 6.45) is -16.4. The molecule has 0 spiro atoms. The first-order valence-electron chi connectivity index (χ1n) is 10.3. The molecule has 2 fully saturated rings. The molecule has 34 heavy (non-hydrogen) atoms. The maximum atomic E-state index is 14.5. The van der Waals surface area contributed by atoms with Crippen molar-refractivity contribution < 1.29 is 63.2 Å². The molecule has 0 aromatic heterocycles. The fourth-order valence-corrected chi connectivity index (χ4v) is 3.53. The molecule has 0 N–H and O–H groups in total. The van der Waals surface area contributed by atoms with Gasteiger partial charge in [-0.25, -0.2) is 8.78 Å². The minimum absolute atomic E-state index is 0.0509. The third-order valence-electron chi connectivity index (χ3n) is 5.32. The number of rotatable bonds is 7. The molecule has 2 aliphatic rings. The Bertz CT molecular complexity index is 809. The summed E-state index contributed by atoms with van der Waals surface area (Å²) < 4.78 is 144. The molecular formula is C20H21F9O5. The Morgan fingerprint density at radius 3 is 1.94 bits per heavy atom. The smallest absolute Gasteiger partial charge is 0.432 e. The van der Waals surface area contributed by atoms with Crippen molar-refractivity contribution in [2.24, 2.45) is 11.8 Å². The van der Waals surface area contributed by atoms with E-state index in [2.05, 4.69) is 14.2 Å². The Morgan fingerprint density at radius 1 is 0.794 bits per heavy atom. The van der Waals surface area contributed by atoms with Crippen LogP contribution in [0.5, 0.6) is 11.5 Å². The Hall–Kier alpha value is -1.93. The van der Waals surface area contributed by atoms with Crippen molar-refractivity contribution in [3.05, 3.63) is 23.8 Å². The Balaban J connectivity index is 1.56. The minimum Gasteiger partial charge on any atom is -0.432 e. The summed E-state index contributed by atoms with van der Waals surface area (Å²) in [5, 5.41) is 0. The summed E-state index contributed by atoms with van der Waals surface area (Å²) in [5.41, 5.74) is 0. The van der Waals surface area contributed by atoms with Crippen molar-refractivity contribution in [1.82, 2.24) is 0 Å². The van der Waals surface area contributed by atoms with E-state index in [0.717, 1.165) is 0 Å². The van der Waals surface area contributed by atoms with E-state index in [4.69, 9.17) is 9.47 Å². The van der Waals surface area contributed by atoms with Crippen LogP contribution in [0.15, 0.2) is 12.1 Å². The monoisotopic (exact) mass is 512 g/mol. The van der Waals surface area contributed by atoms with E-state index in [1.165, 1.54) is 0 Å². The van der Waals surface area contributed by atoms with Crippen LogP contribution < -0.4 is 9.47 Å². The van der Waals surface area contributed by atoms with Gasteiger partial charge in [-0.15, -0.1) is 13.2 Å². The van der Waals surface area contributed by atoms with E-state index < -0.39 is 73.1 Å². The van der Waals surface area contributed by atoms with Crippen LogP contribution in [0.2, 0.25) is 0 Å². The van der Waals surface area contributed by atoms with Crippen LogP contribution in [-0.2, 0) is 14.2 Å². The normalized spacial score (nSPS) is 26.9. The molecule has 2 aliphatic heterocycles. The average molecular weight is 512 g/mol. The highest BCUT2D eigenvalue weighted by molar-refractivity contribution is 5.35. The zero-order chi connectivity index (χ0) is 25.3. The second-order valence-electron chi connectivity index (χ2n) is 8.15. The number of hydrogen-bond donors (Lipinski definition) is 0. The molecule has 0 saturated carbocycles. The topological polar surface area (TPSA) is 46.2 Å². The summed E-state index contributed by atoms with van der Waals surface area (Å²) >= 11 is 0.